The molecule has 1 unspecified atom stereocenters. The number of halogens is 2. The van der Waals surface area contributed by atoms with E-state index in [4.69, 9.17) is 0 Å². The fourth-order valence-corrected chi connectivity index (χ4v) is 2.54. The fraction of sp³-hybridized carbons (Fsp3) is 0.727. The molecule has 1 aromatic rings. The first-order valence-electron chi connectivity index (χ1n) is 6.08. The van der Waals surface area contributed by atoms with E-state index < -0.39 is 30.8 Å². The lowest BCUT2D eigenvalue weighted by atomic mass is 10.2. The van der Waals surface area contributed by atoms with Gasteiger partial charge in [-0.3, -0.25) is 10.1 Å². The molecule has 1 aromatic heterocycles. The Hall–Kier alpha value is -1.15. The molecule has 1 saturated heterocycles. The zero-order valence-electron chi connectivity index (χ0n) is 10.7. The van der Waals surface area contributed by atoms with Crippen LogP contribution in [0.25, 0.3) is 0 Å². The first-order valence-corrected chi connectivity index (χ1v) is 6.90. The van der Waals surface area contributed by atoms with Crippen molar-refractivity contribution in [1.29, 1.82) is 0 Å². The maximum atomic E-state index is 12.9. The van der Waals surface area contributed by atoms with Crippen molar-refractivity contribution in [3.8, 4) is 0 Å². The van der Waals surface area contributed by atoms with Crippen LogP contribution in [0.2, 0.25) is 0 Å². The lowest BCUT2D eigenvalue weighted by Crippen LogP contribution is -2.40. The molecular weight excluding hydrogens is 274 g/mol. The molecule has 2 N–H and O–H groups in total. The van der Waals surface area contributed by atoms with E-state index in [0.29, 0.717) is 5.01 Å². The molecule has 8 heteroatoms. The second-order valence-electron chi connectivity index (χ2n) is 4.90. The molecule has 0 spiro atoms. The standard InChI is InChI=1S/C11H16F2N4OS/c1-6(2)10-17-16-8(19-10)4-14-9(18)7-3-11(12,13)5-15-7/h6-7,15H,3-5H2,1-2H3,(H,14,18). The number of nitrogens with zero attached hydrogens (tertiary/aromatic N) is 2. The largest absolute Gasteiger partial charge is 0.348 e. The molecule has 1 aliphatic heterocycles. The highest BCUT2D eigenvalue weighted by Gasteiger charge is 2.42. The van der Waals surface area contributed by atoms with Gasteiger partial charge in [-0.05, 0) is 0 Å². The highest BCUT2D eigenvalue weighted by atomic mass is 32.1. The van der Waals surface area contributed by atoms with Crippen LogP contribution in [0.1, 0.15) is 36.2 Å². The summed E-state index contributed by atoms with van der Waals surface area (Å²) in [6, 6.07) is -0.826. The first kappa shape index (κ1) is 14.3. The van der Waals surface area contributed by atoms with Crippen LogP contribution in [0, 0.1) is 0 Å². The van der Waals surface area contributed by atoms with Crippen LogP contribution in [-0.2, 0) is 11.3 Å². The Bertz CT molecular complexity index is 463. The fourth-order valence-electron chi connectivity index (χ4n) is 1.76. The Morgan fingerprint density at radius 2 is 2.32 bits per heavy atom. The van der Waals surface area contributed by atoms with Gasteiger partial charge < -0.3 is 5.32 Å². The molecule has 1 amide bonds. The molecule has 2 rings (SSSR count). The summed E-state index contributed by atoms with van der Waals surface area (Å²) in [6.07, 6.45) is -0.452. The lowest BCUT2D eigenvalue weighted by molar-refractivity contribution is -0.123. The van der Waals surface area contributed by atoms with Crippen molar-refractivity contribution >= 4 is 17.2 Å². The van der Waals surface area contributed by atoms with Crippen LogP contribution in [-0.4, -0.2) is 34.6 Å². The van der Waals surface area contributed by atoms with Gasteiger partial charge in [0, 0.05) is 12.3 Å². The van der Waals surface area contributed by atoms with Crippen LogP contribution in [0.3, 0.4) is 0 Å². The van der Waals surface area contributed by atoms with Crippen molar-refractivity contribution in [2.24, 2.45) is 0 Å². The minimum Gasteiger partial charge on any atom is -0.348 e. The Kier molecular flexibility index (Phi) is 4.10. The van der Waals surface area contributed by atoms with E-state index in [-0.39, 0.29) is 12.5 Å². The third-order valence-corrected chi connectivity index (χ3v) is 4.04. The molecule has 1 fully saturated rings. The van der Waals surface area contributed by atoms with Crippen LogP contribution >= 0.6 is 11.3 Å². The summed E-state index contributed by atoms with van der Waals surface area (Å²) in [5.74, 6) is -2.93. The zero-order chi connectivity index (χ0) is 14.0. The van der Waals surface area contributed by atoms with E-state index in [1.165, 1.54) is 11.3 Å². The van der Waals surface area contributed by atoms with E-state index in [2.05, 4.69) is 20.8 Å². The molecule has 106 valence electrons. The van der Waals surface area contributed by atoms with E-state index in [0.717, 1.165) is 5.01 Å². The quantitative estimate of drug-likeness (QED) is 0.876. The average molecular weight is 290 g/mol. The van der Waals surface area contributed by atoms with E-state index in [1.807, 2.05) is 13.8 Å². The number of alkyl halides is 2. The van der Waals surface area contributed by atoms with Crippen LogP contribution < -0.4 is 10.6 Å². The predicted octanol–water partition coefficient (Wildman–Crippen LogP) is 1.27. The van der Waals surface area contributed by atoms with Crippen LogP contribution in [0.5, 0.6) is 0 Å². The van der Waals surface area contributed by atoms with Crippen molar-refractivity contribution in [3.05, 3.63) is 10.0 Å². The van der Waals surface area contributed by atoms with Crippen molar-refractivity contribution in [2.75, 3.05) is 6.54 Å². The molecule has 1 atom stereocenters. The van der Waals surface area contributed by atoms with Crippen molar-refractivity contribution < 1.29 is 13.6 Å². The zero-order valence-corrected chi connectivity index (χ0v) is 11.6. The number of nitrogens with one attached hydrogen (secondary N) is 2. The molecule has 0 aliphatic carbocycles. The van der Waals surface area contributed by atoms with Crippen LogP contribution in [0.15, 0.2) is 0 Å². The van der Waals surface area contributed by atoms with E-state index in [1.54, 1.807) is 0 Å². The van der Waals surface area contributed by atoms with E-state index >= 15 is 0 Å². The normalized spacial score (nSPS) is 21.8. The van der Waals surface area contributed by atoms with E-state index in [9.17, 15) is 13.6 Å². The smallest absolute Gasteiger partial charge is 0.262 e. The number of carbonyl (C=O) groups excluding carboxylic acids is 1. The summed E-state index contributed by atoms with van der Waals surface area (Å²) in [6.45, 7) is 3.80. The summed E-state index contributed by atoms with van der Waals surface area (Å²) < 4.78 is 25.9. The molecule has 0 bridgehead atoms. The van der Waals surface area contributed by atoms with Gasteiger partial charge >= 0.3 is 0 Å². The van der Waals surface area contributed by atoms with Gasteiger partial charge in [-0.2, -0.15) is 0 Å². The number of amides is 1. The molecule has 0 radical (unpaired) electrons. The van der Waals surface area contributed by atoms with Crippen LogP contribution in [0.4, 0.5) is 8.78 Å². The maximum absolute atomic E-state index is 12.9. The molecule has 19 heavy (non-hydrogen) atoms. The lowest BCUT2D eigenvalue weighted by Gasteiger charge is -2.09. The summed E-state index contributed by atoms with van der Waals surface area (Å²) in [5, 5.41) is 14.6. The topological polar surface area (TPSA) is 66.9 Å². The predicted molar refractivity (Wildman–Crippen MR) is 67.2 cm³/mol. The Morgan fingerprint density at radius 3 is 2.84 bits per heavy atom. The highest BCUT2D eigenvalue weighted by Crippen LogP contribution is 2.25. The van der Waals surface area contributed by atoms with Gasteiger partial charge in [0.05, 0.1) is 19.1 Å². The summed E-state index contributed by atoms with van der Waals surface area (Å²) in [4.78, 5) is 11.7. The van der Waals surface area contributed by atoms with Gasteiger partial charge in [-0.25, -0.2) is 8.78 Å². The number of hydrogen-bond acceptors (Lipinski definition) is 5. The summed E-state index contributed by atoms with van der Waals surface area (Å²) in [5.41, 5.74) is 0. The Balaban J connectivity index is 1.83. The molecule has 2 heterocycles. The monoisotopic (exact) mass is 290 g/mol. The molecule has 1 aliphatic rings. The minimum absolute atomic E-state index is 0.229. The molecular formula is C11H16F2N4OS. The number of hydrogen-bond donors (Lipinski definition) is 2. The molecule has 0 saturated carbocycles. The third-order valence-electron chi connectivity index (χ3n) is 2.82. The third kappa shape index (κ3) is 3.66. The van der Waals surface area contributed by atoms with Crippen molar-refractivity contribution in [3.63, 3.8) is 0 Å². The first-order chi connectivity index (χ1) is 8.87. The van der Waals surface area contributed by atoms with Gasteiger partial charge in [0.15, 0.2) is 0 Å². The second kappa shape index (κ2) is 5.46. The van der Waals surface area contributed by atoms with Gasteiger partial charge in [-0.1, -0.05) is 25.2 Å². The SMILES string of the molecule is CC(C)c1nnc(CNC(=O)C2CC(F)(F)CN2)s1. The van der Waals surface area contributed by atoms with Gasteiger partial charge in [0.1, 0.15) is 10.0 Å². The Morgan fingerprint density at radius 1 is 1.58 bits per heavy atom. The van der Waals surface area contributed by atoms with Crippen molar-refractivity contribution in [1.82, 2.24) is 20.8 Å². The highest BCUT2D eigenvalue weighted by molar-refractivity contribution is 7.11. The van der Waals surface area contributed by atoms with Gasteiger partial charge in [-0.15, -0.1) is 10.2 Å². The second-order valence-corrected chi connectivity index (χ2v) is 5.99. The summed E-state index contributed by atoms with van der Waals surface area (Å²) in [7, 11) is 0. The molecule has 5 nitrogen and oxygen atoms in total. The minimum atomic E-state index is -2.80. The van der Waals surface area contributed by atoms with Crippen molar-refractivity contribution in [2.45, 2.75) is 44.7 Å². The van der Waals surface area contributed by atoms with Gasteiger partial charge in [0.25, 0.3) is 5.92 Å². The Labute approximate surface area is 113 Å². The number of rotatable bonds is 4. The number of aromatic nitrogens is 2. The van der Waals surface area contributed by atoms with Gasteiger partial charge in [0.2, 0.25) is 5.91 Å². The summed E-state index contributed by atoms with van der Waals surface area (Å²) >= 11 is 1.42. The molecule has 0 aromatic carbocycles. The average Bonchev–Trinajstić information content (AvgIpc) is 2.92. The number of carbonyl (C=O) groups is 1. The maximum Gasteiger partial charge on any atom is 0.262 e.